The van der Waals surface area contributed by atoms with Crippen LogP contribution < -0.4 is 29.2 Å². The minimum atomic E-state index is -0.460. The van der Waals surface area contributed by atoms with Crippen LogP contribution in [0.25, 0.3) is 0 Å². The molecule has 7 nitrogen and oxygen atoms in total. The zero-order chi connectivity index (χ0) is 23.7. The summed E-state index contributed by atoms with van der Waals surface area (Å²) in [7, 11) is 1.62. The Balaban J connectivity index is 1.57. The average Bonchev–Trinajstić information content (AvgIpc) is 2.87. The van der Waals surface area contributed by atoms with E-state index in [4.69, 9.17) is 18.9 Å². The second kappa shape index (κ2) is 9.17. The van der Waals surface area contributed by atoms with Crippen molar-refractivity contribution < 1.29 is 23.7 Å². The summed E-state index contributed by atoms with van der Waals surface area (Å²) < 4.78 is 23.0. The minimum Gasteiger partial charge on any atom is -0.493 e. The molecule has 2 aliphatic heterocycles. The van der Waals surface area contributed by atoms with E-state index in [1.54, 1.807) is 12.0 Å². The van der Waals surface area contributed by atoms with E-state index in [2.05, 4.69) is 19.2 Å². The highest BCUT2D eigenvalue weighted by atomic mass is 16.6. The van der Waals surface area contributed by atoms with Gasteiger partial charge in [-0.15, -0.1) is 0 Å². The topological polar surface area (TPSA) is 69.3 Å². The molecule has 176 valence electrons. The number of methoxy groups -OCH3 is 1. The van der Waals surface area contributed by atoms with Crippen LogP contribution in [0, 0.1) is 5.92 Å². The molecule has 0 spiro atoms. The highest BCUT2D eigenvalue weighted by Crippen LogP contribution is 2.42. The van der Waals surface area contributed by atoms with Gasteiger partial charge in [-0.25, -0.2) is 0 Å². The van der Waals surface area contributed by atoms with Crippen LogP contribution in [-0.4, -0.2) is 32.8 Å². The Morgan fingerprint density at radius 1 is 1.00 bits per heavy atom. The number of carbonyl (C=O) groups is 1. The largest absolute Gasteiger partial charge is 0.493 e. The van der Waals surface area contributed by atoms with Gasteiger partial charge in [0.15, 0.2) is 23.0 Å². The molecule has 3 aromatic rings. The van der Waals surface area contributed by atoms with Gasteiger partial charge in [-0.3, -0.25) is 9.69 Å². The Bertz CT molecular complexity index is 1210. The van der Waals surface area contributed by atoms with Crippen molar-refractivity contribution in [1.29, 1.82) is 0 Å². The van der Waals surface area contributed by atoms with Crippen molar-refractivity contribution in [2.45, 2.75) is 20.0 Å². The Hall–Kier alpha value is -3.87. The zero-order valence-corrected chi connectivity index (χ0v) is 19.5. The predicted molar refractivity (Wildman–Crippen MR) is 130 cm³/mol. The Morgan fingerprint density at radius 3 is 2.59 bits per heavy atom. The van der Waals surface area contributed by atoms with Crippen LogP contribution in [0.5, 0.6) is 23.0 Å². The number of hydrogen-bond donors (Lipinski definition) is 1. The SMILES string of the molecule is COc1cc([C@H]2Nc3ccccc3C(=O)N2c2ccc3c(c2)OCCO3)ccc1OCC(C)C. The normalized spacial score (nSPS) is 16.6. The summed E-state index contributed by atoms with van der Waals surface area (Å²) in [6, 6.07) is 18.9. The second-order valence-electron chi connectivity index (χ2n) is 8.71. The van der Waals surface area contributed by atoms with Gasteiger partial charge >= 0.3 is 0 Å². The van der Waals surface area contributed by atoms with E-state index >= 15 is 0 Å². The van der Waals surface area contributed by atoms with Gasteiger partial charge in [0.1, 0.15) is 19.4 Å². The van der Waals surface area contributed by atoms with Crippen molar-refractivity contribution in [1.82, 2.24) is 0 Å². The molecule has 0 unspecified atom stereocenters. The quantitative estimate of drug-likeness (QED) is 0.540. The summed E-state index contributed by atoms with van der Waals surface area (Å²) in [5, 5.41) is 3.53. The number of nitrogens with zero attached hydrogens (tertiary/aromatic N) is 1. The van der Waals surface area contributed by atoms with Crippen molar-refractivity contribution in [2.75, 3.05) is 37.1 Å². The molecule has 2 heterocycles. The predicted octanol–water partition coefficient (Wildman–Crippen LogP) is 5.27. The lowest BCUT2D eigenvalue weighted by Gasteiger charge is -2.38. The highest BCUT2D eigenvalue weighted by Gasteiger charge is 2.35. The molecule has 0 saturated carbocycles. The first-order valence-electron chi connectivity index (χ1n) is 11.4. The van der Waals surface area contributed by atoms with Gasteiger partial charge in [-0.1, -0.05) is 32.0 Å². The summed E-state index contributed by atoms with van der Waals surface area (Å²) in [5.41, 5.74) is 2.97. The van der Waals surface area contributed by atoms with Gasteiger partial charge in [-0.05, 0) is 47.9 Å². The zero-order valence-electron chi connectivity index (χ0n) is 19.5. The lowest BCUT2D eigenvalue weighted by molar-refractivity contribution is 0.0974. The molecule has 0 aliphatic carbocycles. The van der Waals surface area contributed by atoms with Gasteiger partial charge in [-0.2, -0.15) is 0 Å². The van der Waals surface area contributed by atoms with E-state index in [1.165, 1.54) is 0 Å². The van der Waals surface area contributed by atoms with Crippen molar-refractivity contribution in [3.05, 3.63) is 71.8 Å². The van der Waals surface area contributed by atoms with Crippen LogP contribution in [0.1, 0.15) is 35.9 Å². The maximum Gasteiger partial charge on any atom is 0.262 e. The van der Waals surface area contributed by atoms with E-state index in [0.29, 0.717) is 60.0 Å². The lowest BCUT2D eigenvalue weighted by Crippen LogP contribution is -2.43. The Morgan fingerprint density at radius 2 is 1.79 bits per heavy atom. The summed E-state index contributed by atoms with van der Waals surface area (Å²) in [6.07, 6.45) is -0.460. The van der Waals surface area contributed by atoms with Gasteiger partial charge in [0.25, 0.3) is 5.91 Å². The number of benzene rings is 3. The number of nitrogens with one attached hydrogen (secondary N) is 1. The Labute approximate surface area is 199 Å². The molecule has 7 heteroatoms. The van der Waals surface area contributed by atoms with Gasteiger partial charge < -0.3 is 24.3 Å². The van der Waals surface area contributed by atoms with E-state index < -0.39 is 6.17 Å². The van der Waals surface area contributed by atoms with Crippen molar-refractivity contribution in [2.24, 2.45) is 5.92 Å². The maximum atomic E-state index is 13.7. The first-order valence-corrected chi connectivity index (χ1v) is 11.4. The van der Waals surface area contributed by atoms with Crippen molar-refractivity contribution in [3.8, 4) is 23.0 Å². The number of fused-ring (bicyclic) bond motifs is 2. The summed E-state index contributed by atoms with van der Waals surface area (Å²) in [6.45, 7) is 5.77. The van der Waals surface area contributed by atoms with Crippen molar-refractivity contribution in [3.63, 3.8) is 0 Å². The molecule has 0 saturated heterocycles. The molecule has 0 bridgehead atoms. The van der Waals surface area contributed by atoms with E-state index in [0.717, 1.165) is 11.3 Å². The molecule has 1 N–H and O–H groups in total. The number of ether oxygens (including phenoxy) is 4. The number of hydrogen-bond acceptors (Lipinski definition) is 6. The third kappa shape index (κ3) is 4.09. The molecule has 0 aromatic heterocycles. The fourth-order valence-corrected chi connectivity index (χ4v) is 4.16. The van der Waals surface area contributed by atoms with Crippen LogP contribution in [0.4, 0.5) is 11.4 Å². The molecule has 0 fully saturated rings. The Kier molecular flexibility index (Phi) is 5.92. The number of para-hydroxylation sites is 1. The third-order valence-corrected chi connectivity index (χ3v) is 5.81. The van der Waals surface area contributed by atoms with Crippen LogP contribution in [-0.2, 0) is 0 Å². The van der Waals surface area contributed by atoms with E-state index in [-0.39, 0.29) is 5.91 Å². The standard InChI is InChI=1S/C27H28N2O5/c1-17(2)16-34-22-10-8-18(14-24(22)31-3)26-28-21-7-5-4-6-20(21)27(30)29(26)19-9-11-23-25(15-19)33-13-12-32-23/h4-11,14-15,17,26,28H,12-13,16H2,1-3H3/t26-/m0/s1. The van der Waals surface area contributed by atoms with Crippen LogP contribution in [0.15, 0.2) is 60.7 Å². The fourth-order valence-electron chi connectivity index (χ4n) is 4.16. The summed E-state index contributed by atoms with van der Waals surface area (Å²) >= 11 is 0. The second-order valence-corrected chi connectivity index (χ2v) is 8.71. The molecular weight excluding hydrogens is 432 g/mol. The molecule has 34 heavy (non-hydrogen) atoms. The number of rotatable bonds is 6. The fraction of sp³-hybridized carbons (Fsp3) is 0.296. The molecule has 0 radical (unpaired) electrons. The van der Waals surface area contributed by atoms with Gasteiger partial charge in [0, 0.05) is 11.8 Å². The van der Waals surface area contributed by atoms with Gasteiger partial charge in [0.05, 0.1) is 25.0 Å². The van der Waals surface area contributed by atoms with Crippen LogP contribution >= 0.6 is 0 Å². The smallest absolute Gasteiger partial charge is 0.262 e. The summed E-state index contributed by atoms with van der Waals surface area (Å²) in [5.74, 6) is 2.89. The van der Waals surface area contributed by atoms with Crippen LogP contribution in [0.3, 0.4) is 0 Å². The van der Waals surface area contributed by atoms with Crippen molar-refractivity contribution >= 4 is 17.3 Å². The number of anilines is 2. The lowest BCUT2D eigenvalue weighted by atomic mass is 10.0. The molecule has 3 aromatic carbocycles. The molecule has 1 atom stereocenters. The van der Waals surface area contributed by atoms with E-state index in [1.807, 2.05) is 60.7 Å². The average molecular weight is 461 g/mol. The van der Waals surface area contributed by atoms with E-state index in [9.17, 15) is 4.79 Å². The first kappa shape index (κ1) is 21.9. The summed E-state index contributed by atoms with van der Waals surface area (Å²) in [4.78, 5) is 15.5. The number of amides is 1. The molecule has 2 aliphatic rings. The minimum absolute atomic E-state index is 0.102. The van der Waals surface area contributed by atoms with Crippen LogP contribution in [0.2, 0.25) is 0 Å². The first-order chi connectivity index (χ1) is 16.5. The monoisotopic (exact) mass is 460 g/mol. The number of carbonyl (C=O) groups excluding carboxylic acids is 1. The van der Waals surface area contributed by atoms with Gasteiger partial charge in [0.2, 0.25) is 0 Å². The molecule has 1 amide bonds. The highest BCUT2D eigenvalue weighted by molar-refractivity contribution is 6.12. The maximum absolute atomic E-state index is 13.7. The molecule has 5 rings (SSSR count). The molecular formula is C27H28N2O5. The third-order valence-electron chi connectivity index (χ3n) is 5.81.